The highest BCUT2D eigenvalue weighted by molar-refractivity contribution is 5.94. The summed E-state index contributed by atoms with van der Waals surface area (Å²) in [6.45, 7) is 3.12. The van der Waals surface area contributed by atoms with Crippen LogP contribution in [0.5, 0.6) is 0 Å². The third kappa shape index (κ3) is 2.99. The van der Waals surface area contributed by atoms with Crippen molar-refractivity contribution in [2.75, 3.05) is 0 Å². The van der Waals surface area contributed by atoms with Crippen molar-refractivity contribution in [1.82, 2.24) is 9.78 Å². The second-order valence-electron chi connectivity index (χ2n) is 7.75. The summed E-state index contributed by atoms with van der Waals surface area (Å²) in [7, 11) is 0. The van der Waals surface area contributed by atoms with Crippen molar-refractivity contribution in [3.05, 3.63) is 117 Å². The molecule has 0 aliphatic heterocycles. The van der Waals surface area contributed by atoms with E-state index in [1.807, 2.05) is 30.3 Å². The van der Waals surface area contributed by atoms with Crippen molar-refractivity contribution in [2.45, 2.75) is 25.3 Å². The maximum absolute atomic E-state index is 12.9. The lowest BCUT2D eigenvalue weighted by Gasteiger charge is -2.38. The Morgan fingerprint density at radius 2 is 1.69 bits per heavy atom. The van der Waals surface area contributed by atoms with Gasteiger partial charge in [0.05, 0.1) is 22.9 Å². The highest BCUT2D eigenvalue weighted by Crippen LogP contribution is 2.52. The number of carboxylic acids is 1. The summed E-state index contributed by atoms with van der Waals surface area (Å²) in [5, 5.41) is 27.3. The first-order valence-electron chi connectivity index (χ1n) is 10.0. The van der Waals surface area contributed by atoms with E-state index in [4.69, 9.17) is 5.73 Å². The molecule has 1 aliphatic carbocycles. The van der Waals surface area contributed by atoms with E-state index < -0.39 is 22.3 Å². The Morgan fingerprint density at radius 3 is 2.25 bits per heavy atom. The van der Waals surface area contributed by atoms with Crippen molar-refractivity contribution in [3.63, 3.8) is 0 Å². The van der Waals surface area contributed by atoms with Gasteiger partial charge in [0.25, 0.3) is 0 Å². The molecule has 0 spiro atoms. The number of benzene rings is 2. The normalized spacial score (nSPS) is 21.0. The third-order valence-corrected chi connectivity index (χ3v) is 6.07. The highest BCUT2D eigenvalue weighted by Gasteiger charge is 2.61. The van der Waals surface area contributed by atoms with Gasteiger partial charge in [-0.2, -0.15) is 5.10 Å². The number of rotatable bonds is 5. The SMILES string of the molecule is CC1=C(N)C(c2ccn(-c3ccccc3)n2)([N+](=O)[O-])C(c2ccccc2)C(C)=C1C(=O)O. The zero-order chi connectivity index (χ0) is 23.0. The van der Waals surface area contributed by atoms with E-state index in [9.17, 15) is 20.0 Å². The fourth-order valence-corrected chi connectivity index (χ4v) is 4.63. The standard InChI is InChI=1S/C24H22N4O4/c1-15-20(23(29)30)16(2)22(25)24(28(31)32,21(15)17-9-5-3-6-10-17)19-13-14-27(26-19)18-11-7-4-8-12-18/h3-14,21H,25H2,1-2H3,(H,29,30). The molecular weight excluding hydrogens is 408 g/mol. The van der Waals surface area contributed by atoms with Crippen LogP contribution < -0.4 is 5.73 Å². The number of para-hydroxylation sites is 1. The zero-order valence-corrected chi connectivity index (χ0v) is 17.6. The summed E-state index contributed by atoms with van der Waals surface area (Å²) in [5.74, 6) is -2.12. The van der Waals surface area contributed by atoms with Gasteiger partial charge < -0.3 is 10.8 Å². The average Bonchev–Trinajstić information content (AvgIpc) is 3.27. The molecule has 32 heavy (non-hydrogen) atoms. The van der Waals surface area contributed by atoms with Gasteiger partial charge in [0.15, 0.2) is 0 Å². The molecule has 0 radical (unpaired) electrons. The predicted molar refractivity (Wildman–Crippen MR) is 119 cm³/mol. The summed E-state index contributed by atoms with van der Waals surface area (Å²) in [5.41, 5.74) is 6.36. The van der Waals surface area contributed by atoms with Gasteiger partial charge in [-0.3, -0.25) is 10.1 Å². The molecule has 0 saturated carbocycles. The number of carbonyl (C=O) groups is 1. The monoisotopic (exact) mass is 430 g/mol. The molecule has 1 heterocycles. The van der Waals surface area contributed by atoms with Crippen LogP contribution >= 0.6 is 0 Å². The third-order valence-electron chi connectivity index (χ3n) is 6.07. The van der Waals surface area contributed by atoms with Crippen LogP contribution in [0.1, 0.15) is 31.0 Å². The zero-order valence-electron chi connectivity index (χ0n) is 17.6. The van der Waals surface area contributed by atoms with Crippen molar-refractivity contribution in [3.8, 4) is 5.69 Å². The van der Waals surface area contributed by atoms with E-state index >= 15 is 0 Å². The molecule has 1 aliphatic rings. The van der Waals surface area contributed by atoms with Gasteiger partial charge in [-0.25, -0.2) is 9.48 Å². The summed E-state index contributed by atoms with van der Waals surface area (Å²) < 4.78 is 1.55. The topological polar surface area (TPSA) is 124 Å². The van der Waals surface area contributed by atoms with E-state index in [1.54, 1.807) is 54.2 Å². The molecule has 8 heteroatoms. The van der Waals surface area contributed by atoms with Gasteiger partial charge >= 0.3 is 11.5 Å². The first-order chi connectivity index (χ1) is 15.3. The number of hydrogen-bond donors (Lipinski definition) is 2. The molecule has 3 N–H and O–H groups in total. The largest absolute Gasteiger partial charge is 0.478 e. The number of aliphatic carboxylic acids is 1. The van der Waals surface area contributed by atoms with Crippen molar-refractivity contribution >= 4 is 5.97 Å². The van der Waals surface area contributed by atoms with Crippen LogP contribution in [0.3, 0.4) is 0 Å². The van der Waals surface area contributed by atoms with Gasteiger partial charge in [-0.1, -0.05) is 48.5 Å². The first-order valence-corrected chi connectivity index (χ1v) is 10.0. The van der Waals surface area contributed by atoms with Crippen LogP contribution in [0.2, 0.25) is 0 Å². The van der Waals surface area contributed by atoms with E-state index in [-0.39, 0.29) is 22.5 Å². The molecule has 162 valence electrons. The smallest absolute Gasteiger partial charge is 0.335 e. The molecule has 8 nitrogen and oxygen atoms in total. The molecule has 0 amide bonds. The summed E-state index contributed by atoms with van der Waals surface area (Å²) >= 11 is 0. The summed E-state index contributed by atoms with van der Waals surface area (Å²) in [6.07, 6.45) is 1.65. The van der Waals surface area contributed by atoms with Crippen LogP contribution in [0.4, 0.5) is 0 Å². The lowest BCUT2D eigenvalue weighted by Crippen LogP contribution is -2.50. The van der Waals surface area contributed by atoms with Crippen LogP contribution in [0, 0.1) is 10.1 Å². The minimum Gasteiger partial charge on any atom is -0.478 e. The van der Waals surface area contributed by atoms with Crippen molar-refractivity contribution < 1.29 is 14.8 Å². The Kier molecular flexibility index (Phi) is 5.14. The van der Waals surface area contributed by atoms with Gasteiger partial charge in [-0.05, 0) is 48.8 Å². The fraction of sp³-hybridized carbons (Fsp3) is 0.167. The second-order valence-corrected chi connectivity index (χ2v) is 7.75. The maximum atomic E-state index is 12.9. The molecule has 1 aromatic heterocycles. The quantitative estimate of drug-likeness (QED) is 0.469. The number of nitrogens with zero attached hydrogens (tertiary/aromatic N) is 3. The molecular formula is C24H22N4O4. The minimum atomic E-state index is -1.96. The van der Waals surface area contributed by atoms with E-state index in [0.717, 1.165) is 5.69 Å². The Labute approximate surface area is 184 Å². The molecule has 0 bridgehead atoms. The number of hydrogen-bond acceptors (Lipinski definition) is 5. The summed E-state index contributed by atoms with van der Waals surface area (Å²) in [4.78, 5) is 24.5. The lowest BCUT2D eigenvalue weighted by atomic mass is 9.65. The van der Waals surface area contributed by atoms with Gasteiger partial charge in [-0.15, -0.1) is 0 Å². The Hall–Kier alpha value is -4.20. The second kappa shape index (κ2) is 7.81. The average molecular weight is 430 g/mol. The predicted octanol–water partition coefficient (Wildman–Crippen LogP) is 3.78. The first kappa shape index (κ1) is 21.0. The van der Waals surface area contributed by atoms with Crippen LogP contribution in [0.25, 0.3) is 5.69 Å². The van der Waals surface area contributed by atoms with E-state index in [2.05, 4.69) is 5.10 Å². The van der Waals surface area contributed by atoms with Crippen molar-refractivity contribution in [1.29, 1.82) is 0 Å². The van der Waals surface area contributed by atoms with Gasteiger partial charge in [0.2, 0.25) is 0 Å². The lowest BCUT2D eigenvalue weighted by molar-refractivity contribution is -0.572. The Bertz CT molecular complexity index is 1260. The maximum Gasteiger partial charge on any atom is 0.335 e. The highest BCUT2D eigenvalue weighted by atomic mass is 16.6. The molecule has 3 aromatic rings. The number of aromatic nitrogens is 2. The van der Waals surface area contributed by atoms with Crippen LogP contribution in [-0.4, -0.2) is 25.8 Å². The van der Waals surface area contributed by atoms with E-state index in [0.29, 0.717) is 11.1 Å². The Morgan fingerprint density at radius 1 is 1.09 bits per heavy atom. The van der Waals surface area contributed by atoms with Gasteiger partial charge in [0, 0.05) is 11.1 Å². The van der Waals surface area contributed by atoms with Crippen LogP contribution in [0.15, 0.2) is 95.3 Å². The van der Waals surface area contributed by atoms with Crippen LogP contribution in [-0.2, 0) is 10.3 Å². The fourth-order valence-electron chi connectivity index (χ4n) is 4.63. The summed E-state index contributed by atoms with van der Waals surface area (Å²) in [6, 6.07) is 19.6. The number of nitrogens with two attached hydrogens (primary N) is 1. The van der Waals surface area contributed by atoms with Crippen molar-refractivity contribution in [2.24, 2.45) is 5.73 Å². The Balaban J connectivity index is 2.04. The van der Waals surface area contributed by atoms with E-state index in [1.165, 1.54) is 6.92 Å². The molecule has 2 unspecified atom stereocenters. The molecule has 4 rings (SSSR count). The molecule has 2 atom stereocenters. The number of nitro groups is 1. The molecule has 2 aromatic carbocycles. The number of carboxylic acid groups (broad SMARTS) is 1. The molecule has 0 saturated heterocycles. The molecule has 0 fully saturated rings. The van der Waals surface area contributed by atoms with Gasteiger partial charge in [0.1, 0.15) is 5.69 Å². The minimum absolute atomic E-state index is 0.00341.